The van der Waals surface area contributed by atoms with Crippen LogP contribution in [0.2, 0.25) is 0 Å². The molecule has 0 aliphatic carbocycles. The number of esters is 2. The monoisotopic (exact) mass is 1250 g/mol. The second-order valence-corrected chi connectivity index (χ2v) is 26.9. The van der Waals surface area contributed by atoms with E-state index >= 15 is 0 Å². The van der Waals surface area contributed by atoms with Crippen molar-refractivity contribution in [3.8, 4) is 0 Å². The van der Waals surface area contributed by atoms with Gasteiger partial charge in [-0.3, -0.25) is 9.59 Å². The van der Waals surface area contributed by atoms with Crippen LogP contribution >= 0.6 is 0 Å². The fraction of sp³-hybridized carbons (Fsp3) is 0.812. The highest BCUT2D eigenvalue weighted by molar-refractivity contribution is 5.70. The van der Waals surface area contributed by atoms with Crippen LogP contribution in [-0.2, 0) is 33.3 Å². The Hall–Kier alpha value is -3.27. The van der Waals surface area contributed by atoms with Crippen molar-refractivity contribution >= 4 is 17.9 Å². The van der Waals surface area contributed by atoms with Crippen molar-refractivity contribution in [1.29, 1.82) is 0 Å². The lowest BCUT2D eigenvalue weighted by Crippen LogP contribution is -2.44. The average molecular weight is 1250 g/mol. The van der Waals surface area contributed by atoms with Crippen LogP contribution in [0.1, 0.15) is 361 Å². The summed E-state index contributed by atoms with van der Waals surface area (Å²) in [7, 11) is 5.92. The number of rotatable bonds is 71. The van der Waals surface area contributed by atoms with Gasteiger partial charge in [0.15, 0.2) is 12.4 Å². The molecule has 2 unspecified atom stereocenters. The summed E-state index contributed by atoms with van der Waals surface area (Å²) in [5.41, 5.74) is 0. The van der Waals surface area contributed by atoms with E-state index in [9.17, 15) is 19.5 Å². The average Bonchev–Trinajstić information content (AvgIpc) is 3.64. The summed E-state index contributed by atoms with van der Waals surface area (Å²) in [5, 5.41) is 11.8. The topological polar surface area (TPSA) is 111 Å². The quantitative estimate of drug-likeness (QED) is 0.0195. The molecule has 0 aromatic heterocycles. The van der Waals surface area contributed by atoms with E-state index in [1.165, 1.54) is 244 Å². The number of allylic oxidation sites excluding steroid dienone is 12. The van der Waals surface area contributed by atoms with Crippen LogP contribution in [0, 0.1) is 0 Å². The standard InChI is InChI=1S/C80H145NO8/c1-6-8-10-12-14-16-18-20-22-24-26-28-30-31-32-33-34-35-36-37-38-39-40-41-42-43-44-45-46-47-49-50-52-54-56-58-60-62-64-66-68-70-77(82)87-74-76(75-88-80(79(84)85)86-73-72-81(3,4)5)89-78(83)71-69-67-65-63-61-59-57-55-53-51-48-29-27-25-23-21-19-17-15-13-11-9-7-2/h9,11,15,17,21,23,27,29,51,53,57,59,76,80H,6-8,10,12-14,16,18-20,22,24-26,28,30-50,52,54-56,58,60-75H2,1-5H3/b11-9-,17-15-,23-21-,29-27-,53-51-,59-57-. The Bertz CT molecular complexity index is 1690. The maximum atomic E-state index is 12.9. The van der Waals surface area contributed by atoms with Gasteiger partial charge in [-0.15, -0.1) is 0 Å². The molecule has 0 fully saturated rings. The molecule has 0 spiro atoms. The van der Waals surface area contributed by atoms with Crippen LogP contribution in [0.3, 0.4) is 0 Å². The van der Waals surface area contributed by atoms with Crippen molar-refractivity contribution < 1.29 is 42.9 Å². The second kappa shape index (κ2) is 70.6. The van der Waals surface area contributed by atoms with Gasteiger partial charge in [-0.2, -0.15) is 0 Å². The normalized spacial score (nSPS) is 13.0. The Morgan fingerprint density at radius 1 is 0.348 bits per heavy atom. The summed E-state index contributed by atoms with van der Waals surface area (Å²) in [6.07, 6.45) is 91.8. The number of unbranched alkanes of at least 4 members (excludes halogenated alkanes) is 44. The van der Waals surface area contributed by atoms with Crippen molar-refractivity contribution in [1.82, 2.24) is 0 Å². The third-order valence-corrected chi connectivity index (χ3v) is 17.0. The predicted octanol–water partition coefficient (Wildman–Crippen LogP) is 22.7. The maximum absolute atomic E-state index is 12.9. The SMILES string of the molecule is CC/C=C\C/C=C\C/C=C\C/C=C\C/C=C\C/C=C\CCCCCCC(=O)OC(COC(=O)CCCCCCCCCCCCCCCCCCCCCCCCCCCCCCCCCCCCCCCCCCC)COC(OCC[N+](C)(C)C)C(=O)[O-]. The van der Waals surface area contributed by atoms with Gasteiger partial charge in [-0.1, -0.05) is 356 Å². The zero-order valence-corrected chi connectivity index (χ0v) is 59.3. The van der Waals surface area contributed by atoms with Gasteiger partial charge >= 0.3 is 11.9 Å². The van der Waals surface area contributed by atoms with Crippen molar-refractivity contribution in [2.24, 2.45) is 0 Å². The van der Waals surface area contributed by atoms with E-state index in [0.29, 0.717) is 17.4 Å². The van der Waals surface area contributed by atoms with Crippen LogP contribution in [-0.4, -0.2) is 82.3 Å². The van der Waals surface area contributed by atoms with E-state index in [1.807, 2.05) is 21.1 Å². The van der Waals surface area contributed by atoms with Crippen molar-refractivity contribution in [2.75, 3.05) is 47.5 Å². The molecule has 0 amide bonds. The van der Waals surface area contributed by atoms with Crippen LogP contribution in [0.25, 0.3) is 0 Å². The summed E-state index contributed by atoms with van der Waals surface area (Å²) in [4.78, 5) is 37.5. The first-order valence-electron chi connectivity index (χ1n) is 38.1. The second-order valence-electron chi connectivity index (χ2n) is 26.9. The first-order chi connectivity index (χ1) is 43.6. The minimum Gasteiger partial charge on any atom is -0.545 e. The van der Waals surface area contributed by atoms with Gasteiger partial charge < -0.3 is 33.3 Å². The minimum atomic E-state index is -1.63. The van der Waals surface area contributed by atoms with E-state index in [0.717, 1.165) is 83.5 Å². The van der Waals surface area contributed by atoms with E-state index in [2.05, 4.69) is 86.8 Å². The summed E-state index contributed by atoms with van der Waals surface area (Å²) in [6, 6.07) is 0. The summed E-state index contributed by atoms with van der Waals surface area (Å²) >= 11 is 0. The fourth-order valence-electron chi connectivity index (χ4n) is 11.2. The molecule has 0 saturated heterocycles. The van der Waals surface area contributed by atoms with E-state index in [-0.39, 0.29) is 38.6 Å². The number of aliphatic carboxylic acids is 1. The maximum Gasteiger partial charge on any atom is 0.306 e. The number of carboxylic acid groups (broad SMARTS) is 1. The number of hydrogen-bond acceptors (Lipinski definition) is 8. The van der Waals surface area contributed by atoms with E-state index in [4.69, 9.17) is 18.9 Å². The molecule has 0 aromatic carbocycles. The molecule has 0 saturated carbocycles. The largest absolute Gasteiger partial charge is 0.545 e. The Morgan fingerprint density at radius 2 is 0.640 bits per heavy atom. The van der Waals surface area contributed by atoms with Crippen molar-refractivity contribution in [3.63, 3.8) is 0 Å². The molecule has 0 aromatic rings. The molecular formula is C80H145NO8. The first-order valence-corrected chi connectivity index (χ1v) is 38.1. The molecule has 0 aliphatic rings. The Labute approximate surface area is 551 Å². The molecular weight excluding hydrogens is 1100 g/mol. The fourth-order valence-corrected chi connectivity index (χ4v) is 11.2. The molecule has 0 aliphatic heterocycles. The van der Waals surface area contributed by atoms with Crippen molar-refractivity contribution in [2.45, 2.75) is 373 Å². The molecule has 9 nitrogen and oxygen atoms in total. The first kappa shape index (κ1) is 85.7. The number of carbonyl (C=O) groups is 3. The Balaban J connectivity index is 3.96. The van der Waals surface area contributed by atoms with Gasteiger partial charge in [0.25, 0.3) is 0 Å². The highest BCUT2D eigenvalue weighted by atomic mass is 16.7. The van der Waals surface area contributed by atoms with Crippen LogP contribution in [0.5, 0.6) is 0 Å². The number of likely N-dealkylation sites (N-methyl/N-ethyl adjacent to an activating group) is 1. The Kier molecular flexibility index (Phi) is 68.0. The highest BCUT2D eigenvalue weighted by Crippen LogP contribution is 2.19. The van der Waals surface area contributed by atoms with Gasteiger partial charge in [0, 0.05) is 12.8 Å². The predicted molar refractivity (Wildman–Crippen MR) is 380 cm³/mol. The molecule has 0 heterocycles. The third kappa shape index (κ3) is 72.0. The van der Waals surface area contributed by atoms with Gasteiger partial charge in [0.1, 0.15) is 13.2 Å². The zero-order chi connectivity index (χ0) is 64.7. The number of hydrogen-bond donors (Lipinski definition) is 0. The third-order valence-electron chi connectivity index (χ3n) is 17.0. The van der Waals surface area contributed by atoms with Crippen LogP contribution in [0.4, 0.5) is 0 Å². The molecule has 9 heteroatoms. The molecule has 0 bridgehead atoms. The van der Waals surface area contributed by atoms with E-state index < -0.39 is 24.3 Å². The zero-order valence-electron chi connectivity index (χ0n) is 59.3. The number of carboxylic acids is 1. The highest BCUT2D eigenvalue weighted by Gasteiger charge is 2.22. The van der Waals surface area contributed by atoms with Crippen LogP contribution < -0.4 is 5.11 Å². The van der Waals surface area contributed by atoms with Gasteiger partial charge in [-0.05, 0) is 64.2 Å². The van der Waals surface area contributed by atoms with Gasteiger partial charge in [-0.25, -0.2) is 0 Å². The number of quaternary nitrogens is 1. The molecule has 0 radical (unpaired) electrons. The molecule has 0 N–H and O–H groups in total. The molecule has 2 atom stereocenters. The molecule has 0 rings (SSSR count). The van der Waals surface area contributed by atoms with E-state index in [1.54, 1.807) is 0 Å². The lowest BCUT2D eigenvalue weighted by atomic mass is 10.0. The lowest BCUT2D eigenvalue weighted by Gasteiger charge is -2.26. The smallest absolute Gasteiger partial charge is 0.306 e. The number of ether oxygens (including phenoxy) is 4. The van der Waals surface area contributed by atoms with Crippen molar-refractivity contribution in [3.05, 3.63) is 72.9 Å². The lowest BCUT2D eigenvalue weighted by molar-refractivity contribution is -0.870. The minimum absolute atomic E-state index is 0.140. The van der Waals surface area contributed by atoms with Crippen LogP contribution in [0.15, 0.2) is 72.9 Å². The summed E-state index contributed by atoms with van der Waals surface area (Å²) in [5.74, 6) is -2.31. The number of carbonyl (C=O) groups excluding carboxylic acids is 3. The summed E-state index contributed by atoms with van der Waals surface area (Å²) < 4.78 is 22.8. The number of nitrogens with zero attached hydrogens (tertiary/aromatic N) is 1. The Morgan fingerprint density at radius 3 is 0.955 bits per heavy atom. The van der Waals surface area contributed by atoms with Gasteiger partial charge in [0.2, 0.25) is 0 Å². The molecule has 518 valence electrons. The summed E-state index contributed by atoms with van der Waals surface area (Å²) in [6.45, 7) is 4.65. The molecule has 89 heavy (non-hydrogen) atoms. The van der Waals surface area contributed by atoms with Gasteiger partial charge in [0.05, 0.1) is 40.3 Å².